The minimum absolute atomic E-state index is 0.0444. The summed E-state index contributed by atoms with van der Waals surface area (Å²) in [7, 11) is 1.51. The Morgan fingerprint density at radius 3 is 2.49 bits per heavy atom. The average Bonchev–Trinajstić information content (AvgIpc) is 3.19. The Labute approximate surface area is 218 Å². The number of fused-ring (bicyclic) bond motifs is 1. The van der Waals surface area contributed by atoms with E-state index in [1.54, 1.807) is 28.8 Å². The van der Waals surface area contributed by atoms with Crippen molar-refractivity contribution in [2.45, 2.75) is 32.4 Å². The van der Waals surface area contributed by atoms with Gasteiger partial charge in [-0.15, -0.1) is 0 Å². The zero-order chi connectivity index (χ0) is 26.4. The smallest absolute Gasteiger partial charge is 0.308 e. The van der Waals surface area contributed by atoms with Gasteiger partial charge in [-0.05, 0) is 44.5 Å². The van der Waals surface area contributed by atoms with Gasteiger partial charge in [0.05, 0.1) is 22.8 Å². The fourth-order valence-corrected chi connectivity index (χ4v) is 4.72. The number of carbonyl (C=O) groups is 1. The van der Waals surface area contributed by atoms with E-state index in [0.29, 0.717) is 36.8 Å². The molecule has 0 bridgehead atoms. The Hall–Kier alpha value is -4.11. The van der Waals surface area contributed by atoms with Gasteiger partial charge in [-0.2, -0.15) is 0 Å². The molecule has 0 unspecified atom stereocenters. The zero-order valence-electron chi connectivity index (χ0n) is 20.8. The van der Waals surface area contributed by atoms with E-state index in [1.807, 2.05) is 48.5 Å². The number of carboxylic acid groups (broad SMARTS) is 1. The zero-order valence-corrected chi connectivity index (χ0v) is 21.6. The van der Waals surface area contributed by atoms with Gasteiger partial charge >= 0.3 is 4.87 Å². The highest BCUT2D eigenvalue weighted by Gasteiger charge is 2.21. The number of hydrogen-bond donors (Lipinski definition) is 0. The van der Waals surface area contributed by atoms with E-state index in [9.17, 15) is 14.7 Å². The van der Waals surface area contributed by atoms with Crippen LogP contribution in [0.2, 0.25) is 0 Å². The first-order valence-electron chi connectivity index (χ1n) is 11.7. The molecule has 0 fully saturated rings. The predicted molar refractivity (Wildman–Crippen MR) is 141 cm³/mol. The molecule has 0 saturated heterocycles. The molecule has 0 aliphatic carbocycles. The summed E-state index contributed by atoms with van der Waals surface area (Å²) < 4.78 is 13.9. The molecular weight excluding hydrogens is 492 g/mol. The van der Waals surface area contributed by atoms with Crippen LogP contribution in [0.1, 0.15) is 31.4 Å². The Balaban J connectivity index is 1.43. The molecule has 8 nitrogen and oxygen atoms in total. The SMILES string of the molecule is CO/N=C(\c1ccccc1)c1ccc2c(c1)sc(=O)n2CCCOc1cccc(OC(C)(C)C(=O)[O-])c1. The molecule has 0 atom stereocenters. The minimum Gasteiger partial charge on any atom is -0.546 e. The Morgan fingerprint density at radius 1 is 1.00 bits per heavy atom. The number of carboxylic acids is 1. The molecule has 37 heavy (non-hydrogen) atoms. The van der Waals surface area contributed by atoms with Gasteiger partial charge in [0.25, 0.3) is 0 Å². The number of oxime groups is 1. The molecule has 192 valence electrons. The largest absolute Gasteiger partial charge is 0.546 e. The van der Waals surface area contributed by atoms with Crippen molar-refractivity contribution in [1.29, 1.82) is 0 Å². The predicted octanol–water partition coefficient (Wildman–Crippen LogP) is 3.84. The van der Waals surface area contributed by atoms with Crippen molar-refractivity contribution in [3.05, 3.63) is 93.6 Å². The van der Waals surface area contributed by atoms with Crippen LogP contribution in [0.25, 0.3) is 10.2 Å². The number of hydrogen-bond acceptors (Lipinski definition) is 8. The maximum absolute atomic E-state index is 12.7. The molecule has 0 spiro atoms. The molecule has 0 amide bonds. The topological polar surface area (TPSA) is 102 Å². The summed E-state index contributed by atoms with van der Waals surface area (Å²) in [5, 5.41) is 15.4. The van der Waals surface area contributed by atoms with Crippen molar-refractivity contribution in [2.75, 3.05) is 13.7 Å². The van der Waals surface area contributed by atoms with E-state index in [0.717, 1.165) is 21.3 Å². The van der Waals surface area contributed by atoms with Crippen LogP contribution in [0, 0.1) is 0 Å². The molecule has 0 saturated carbocycles. The number of carbonyl (C=O) groups excluding carboxylic acids is 1. The van der Waals surface area contributed by atoms with Crippen LogP contribution in [0.5, 0.6) is 11.5 Å². The van der Waals surface area contributed by atoms with E-state index in [-0.39, 0.29) is 4.87 Å². The van der Waals surface area contributed by atoms with E-state index in [2.05, 4.69) is 5.16 Å². The summed E-state index contributed by atoms with van der Waals surface area (Å²) in [6.07, 6.45) is 0.601. The number of aryl methyl sites for hydroxylation is 1. The van der Waals surface area contributed by atoms with Gasteiger partial charge in [0.15, 0.2) is 0 Å². The first-order chi connectivity index (χ1) is 17.8. The second-order valence-corrected chi connectivity index (χ2v) is 9.76. The fourth-order valence-electron chi connectivity index (χ4n) is 3.76. The maximum Gasteiger partial charge on any atom is 0.308 e. The van der Waals surface area contributed by atoms with Gasteiger partial charge in [0, 0.05) is 23.7 Å². The molecule has 4 rings (SSSR count). The summed E-state index contributed by atoms with van der Waals surface area (Å²) in [5.74, 6) is -0.388. The molecule has 0 radical (unpaired) electrons. The van der Waals surface area contributed by atoms with E-state index in [4.69, 9.17) is 14.3 Å². The molecule has 9 heteroatoms. The third kappa shape index (κ3) is 6.18. The summed E-state index contributed by atoms with van der Waals surface area (Å²) >= 11 is 1.19. The molecule has 0 aliphatic rings. The molecule has 0 N–H and O–H groups in total. The van der Waals surface area contributed by atoms with Crippen LogP contribution in [0.4, 0.5) is 0 Å². The quantitative estimate of drug-likeness (QED) is 0.170. The summed E-state index contributed by atoms with van der Waals surface area (Å²) in [6.45, 7) is 3.71. The highest BCUT2D eigenvalue weighted by molar-refractivity contribution is 7.16. The lowest BCUT2D eigenvalue weighted by Gasteiger charge is -2.27. The molecule has 4 aromatic rings. The summed E-state index contributed by atoms with van der Waals surface area (Å²) in [6, 6.07) is 22.3. The van der Waals surface area contributed by atoms with E-state index < -0.39 is 11.6 Å². The molecule has 1 aromatic heterocycles. The Bertz CT molecular complexity index is 1470. The third-order valence-electron chi connectivity index (χ3n) is 5.64. The molecule has 0 aliphatic heterocycles. The number of ether oxygens (including phenoxy) is 2. The first kappa shape index (κ1) is 26.0. The third-order valence-corrected chi connectivity index (χ3v) is 6.58. The highest BCUT2D eigenvalue weighted by Crippen LogP contribution is 2.24. The number of benzene rings is 3. The van der Waals surface area contributed by atoms with Gasteiger partial charge in [-0.1, -0.05) is 59.0 Å². The number of aliphatic carboxylic acids is 1. The average molecular weight is 520 g/mol. The van der Waals surface area contributed by atoms with Crippen molar-refractivity contribution in [2.24, 2.45) is 5.16 Å². The lowest BCUT2D eigenvalue weighted by atomic mass is 10.0. The van der Waals surface area contributed by atoms with Crippen molar-refractivity contribution >= 4 is 33.2 Å². The number of aromatic nitrogens is 1. The highest BCUT2D eigenvalue weighted by atomic mass is 32.1. The van der Waals surface area contributed by atoms with Crippen molar-refractivity contribution in [3.63, 3.8) is 0 Å². The van der Waals surface area contributed by atoms with Gasteiger partial charge in [-0.3, -0.25) is 9.36 Å². The van der Waals surface area contributed by atoms with Crippen LogP contribution < -0.4 is 19.5 Å². The van der Waals surface area contributed by atoms with E-state index >= 15 is 0 Å². The lowest BCUT2D eigenvalue weighted by molar-refractivity contribution is -0.320. The van der Waals surface area contributed by atoms with Crippen LogP contribution in [0.3, 0.4) is 0 Å². The van der Waals surface area contributed by atoms with Crippen LogP contribution in [-0.2, 0) is 16.2 Å². The Kier molecular flexibility index (Phi) is 7.93. The standard InChI is InChI=1S/C28H28N2O6S/c1-28(2,26(31)32)36-22-12-7-11-21(18-22)35-16-8-15-30-23-14-13-20(17-24(23)37-27(30)33)25(29-34-3)19-9-5-4-6-10-19/h4-7,9-14,17-18H,8,15-16H2,1-3H3,(H,31,32)/p-1/b29-25+. The molecule has 1 heterocycles. The fraction of sp³-hybridized carbons (Fsp3) is 0.250. The van der Waals surface area contributed by atoms with Gasteiger partial charge in [0.1, 0.15) is 29.9 Å². The van der Waals surface area contributed by atoms with Gasteiger partial charge in [-0.25, -0.2) is 0 Å². The normalized spacial score (nSPS) is 11.9. The minimum atomic E-state index is -1.46. The molecular formula is C28H27N2O6S-. The van der Waals surface area contributed by atoms with Crippen molar-refractivity contribution in [3.8, 4) is 11.5 Å². The van der Waals surface area contributed by atoms with Crippen molar-refractivity contribution < 1.29 is 24.2 Å². The number of nitrogens with zero attached hydrogens (tertiary/aromatic N) is 2. The molecule has 3 aromatic carbocycles. The summed E-state index contributed by atoms with van der Waals surface area (Å²) in [4.78, 5) is 28.9. The van der Waals surface area contributed by atoms with E-state index in [1.165, 1.54) is 32.3 Å². The number of rotatable bonds is 11. The second kappa shape index (κ2) is 11.3. The second-order valence-electron chi connectivity index (χ2n) is 8.77. The van der Waals surface area contributed by atoms with Gasteiger partial charge in [0.2, 0.25) is 0 Å². The van der Waals surface area contributed by atoms with Crippen LogP contribution in [0.15, 0.2) is 82.7 Å². The maximum atomic E-state index is 12.7. The first-order valence-corrected chi connectivity index (χ1v) is 12.5. The van der Waals surface area contributed by atoms with Crippen LogP contribution >= 0.6 is 11.3 Å². The van der Waals surface area contributed by atoms with Crippen LogP contribution in [-0.4, -0.2) is 35.6 Å². The lowest BCUT2D eigenvalue weighted by Crippen LogP contribution is -2.47. The monoisotopic (exact) mass is 519 g/mol. The summed E-state index contributed by atoms with van der Waals surface area (Å²) in [5.41, 5.74) is 1.87. The number of thiazole rings is 1. The van der Waals surface area contributed by atoms with Crippen molar-refractivity contribution in [1.82, 2.24) is 4.57 Å². The Morgan fingerprint density at radius 2 is 1.76 bits per heavy atom. The van der Waals surface area contributed by atoms with Gasteiger partial charge < -0.3 is 24.2 Å².